The third kappa shape index (κ3) is 4.56. The minimum atomic E-state index is 0.176. The van der Waals surface area contributed by atoms with Crippen LogP contribution in [-0.4, -0.2) is 6.04 Å². The molecule has 1 aromatic heterocycles. The van der Waals surface area contributed by atoms with E-state index in [0.717, 1.165) is 29.5 Å². The zero-order valence-corrected chi connectivity index (χ0v) is 15.0. The lowest BCUT2D eigenvalue weighted by Gasteiger charge is -2.15. The van der Waals surface area contributed by atoms with E-state index in [2.05, 4.69) is 48.0 Å². The summed E-state index contributed by atoms with van der Waals surface area (Å²) < 4.78 is 7.06. The van der Waals surface area contributed by atoms with Crippen LogP contribution in [0, 0.1) is 0 Å². The number of para-hydroxylation sites is 1. The van der Waals surface area contributed by atoms with Crippen LogP contribution in [0.2, 0.25) is 0 Å². The summed E-state index contributed by atoms with van der Waals surface area (Å²) in [6, 6.07) is 10.7. The summed E-state index contributed by atoms with van der Waals surface area (Å²) in [5.74, 6) is 0.924. The van der Waals surface area contributed by atoms with Crippen LogP contribution in [0.15, 0.2) is 34.8 Å². The first kappa shape index (κ1) is 16.5. The Kier molecular flexibility index (Phi) is 6.27. The van der Waals surface area contributed by atoms with E-state index in [1.165, 1.54) is 15.3 Å². The van der Waals surface area contributed by atoms with Crippen molar-refractivity contribution in [3.05, 3.63) is 50.1 Å². The van der Waals surface area contributed by atoms with Crippen LogP contribution in [0.1, 0.15) is 35.6 Å². The summed E-state index contributed by atoms with van der Waals surface area (Å²) in [6.07, 6.45) is 2.89. The Balaban J connectivity index is 2.10. The van der Waals surface area contributed by atoms with Crippen molar-refractivity contribution in [2.24, 2.45) is 5.73 Å². The summed E-state index contributed by atoms with van der Waals surface area (Å²) in [5, 5.41) is 0. The fourth-order valence-electron chi connectivity index (χ4n) is 2.14. The van der Waals surface area contributed by atoms with E-state index >= 15 is 0 Å². The normalized spacial score (nSPS) is 12.4. The molecular weight excluding hydrogens is 346 g/mol. The number of aryl methyl sites for hydroxylation is 1. The molecule has 1 heterocycles. The van der Waals surface area contributed by atoms with Gasteiger partial charge in [-0.15, -0.1) is 11.3 Å². The lowest BCUT2D eigenvalue weighted by Crippen LogP contribution is -2.21. The Morgan fingerprint density at radius 3 is 2.62 bits per heavy atom. The maximum absolute atomic E-state index is 6.08. The van der Waals surface area contributed by atoms with Gasteiger partial charge in [0.05, 0.1) is 4.47 Å². The number of benzene rings is 1. The average Bonchev–Trinajstić information content (AvgIpc) is 2.94. The summed E-state index contributed by atoms with van der Waals surface area (Å²) in [5.41, 5.74) is 7.26. The molecule has 0 saturated heterocycles. The number of nitrogens with two attached hydrogens (primary N) is 1. The summed E-state index contributed by atoms with van der Waals surface area (Å²) >= 11 is 5.41. The number of hydrogen-bond donors (Lipinski definition) is 1. The molecule has 0 saturated carbocycles. The minimum Gasteiger partial charge on any atom is -0.487 e. The Morgan fingerprint density at radius 1 is 1.19 bits per heavy atom. The molecule has 0 fully saturated rings. The fourth-order valence-corrected chi connectivity index (χ4v) is 3.53. The molecule has 0 aliphatic carbocycles. The third-order valence-corrected chi connectivity index (χ3v) is 5.31. The van der Waals surface area contributed by atoms with Crippen LogP contribution in [-0.2, 0) is 19.4 Å². The van der Waals surface area contributed by atoms with E-state index in [4.69, 9.17) is 10.5 Å². The predicted molar refractivity (Wildman–Crippen MR) is 94.1 cm³/mol. The second-order valence-electron chi connectivity index (χ2n) is 5.11. The highest BCUT2D eigenvalue weighted by Crippen LogP contribution is 2.31. The van der Waals surface area contributed by atoms with Crippen LogP contribution in [0.25, 0.3) is 0 Å². The van der Waals surface area contributed by atoms with Crippen molar-refractivity contribution in [2.45, 2.75) is 45.8 Å². The van der Waals surface area contributed by atoms with E-state index in [-0.39, 0.29) is 6.04 Å². The van der Waals surface area contributed by atoms with Crippen LogP contribution < -0.4 is 10.5 Å². The van der Waals surface area contributed by atoms with E-state index in [1.807, 2.05) is 23.5 Å². The smallest absolute Gasteiger partial charge is 0.137 e. The molecule has 0 aliphatic rings. The molecule has 2 rings (SSSR count). The number of rotatable bonds is 7. The SMILES string of the molecule is CCc1ccc(COc2c(Br)cccc2CC(N)CC)s1. The third-order valence-electron chi connectivity index (χ3n) is 3.48. The molecule has 1 unspecified atom stereocenters. The van der Waals surface area contributed by atoms with Gasteiger partial charge in [-0.2, -0.15) is 0 Å². The molecule has 2 aromatic rings. The highest BCUT2D eigenvalue weighted by Gasteiger charge is 2.12. The Labute approximate surface area is 139 Å². The molecule has 114 valence electrons. The van der Waals surface area contributed by atoms with Gasteiger partial charge < -0.3 is 10.5 Å². The van der Waals surface area contributed by atoms with E-state index in [9.17, 15) is 0 Å². The standard InChI is InChI=1S/C17H22BrNOS/c1-3-13(19)10-12-6-5-7-16(18)17(12)20-11-15-9-8-14(4-2)21-15/h5-9,13H,3-4,10-11,19H2,1-2H3. The predicted octanol–water partition coefficient (Wildman–Crippen LogP) is 4.93. The maximum Gasteiger partial charge on any atom is 0.137 e. The number of halogens is 1. The van der Waals surface area contributed by atoms with Gasteiger partial charge in [-0.25, -0.2) is 0 Å². The number of ether oxygens (including phenoxy) is 1. The first-order valence-corrected chi connectivity index (χ1v) is 8.98. The largest absolute Gasteiger partial charge is 0.487 e. The maximum atomic E-state index is 6.08. The van der Waals surface area contributed by atoms with Crippen LogP contribution in [0.3, 0.4) is 0 Å². The van der Waals surface area contributed by atoms with Gasteiger partial charge in [-0.05, 0) is 59.0 Å². The Hall–Kier alpha value is -0.840. The molecule has 21 heavy (non-hydrogen) atoms. The van der Waals surface area contributed by atoms with Gasteiger partial charge in [0.2, 0.25) is 0 Å². The molecule has 0 amide bonds. The molecule has 2 nitrogen and oxygen atoms in total. The van der Waals surface area contributed by atoms with Crippen LogP contribution in [0.4, 0.5) is 0 Å². The average molecular weight is 368 g/mol. The monoisotopic (exact) mass is 367 g/mol. The lowest BCUT2D eigenvalue weighted by atomic mass is 10.0. The van der Waals surface area contributed by atoms with Crippen molar-refractivity contribution >= 4 is 27.3 Å². The molecule has 4 heteroatoms. The van der Waals surface area contributed by atoms with E-state index in [1.54, 1.807) is 0 Å². The first-order valence-electron chi connectivity index (χ1n) is 7.37. The molecule has 1 aromatic carbocycles. The van der Waals surface area contributed by atoms with Crippen molar-refractivity contribution in [3.63, 3.8) is 0 Å². The molecule has 0 spiro atoms. The quantitative estimate of drug-likeness (QED) is 0.752. The molecular formula is C17H22BrNOS. The topological polar surface area (TPSA) is 35.2 Å². The second kappa shape index (κ2) is 7.97. The highest BCUT2D eigenvalue weighted by atomic mass is 79.9. The fraction of sp³-hybridized carbons (Fsp3) is 0.412. The van der Waals surface area contributed by atoms with Gasteiger partial charge in [0.25, 0.3) is 0 Å². The summed E-state index contributed by atoms with van der Waals surface area (Å²) in [7, 11) is 0. The van der Waals surface area contributed by atoms with Crippen molar-refractivity contribution in [3.8, 4) is 5.75 Å². The first-order chi connectivity index (χ1) is 10.1. The van der Waals surface area contributed by atoms with Crippen molar-refractivity contribution in [1.82, 2.24) is 0 Å². The van der Waals surface area contributed by atoms with Crippen molar-refractivity contribution in [1.29, 1.82) is 0 Å². The number of thiophene rings is 1. The van der Waals surface area contributed by atoms with Gasteiger partial charge in [-0.3, -0.25) is 0 Å². The Morgan fingerprint density at radius 2 is 1.95 bits per heavy atom. The molecule has 0 aliphatic heterocycles. The molecule has 0 radical (unpaired) electrons. The van der Waals surface area contributed by atoms with Gasteiger partial charge >= 0.3 is 0 Å². The minimum absolute atomic E-state index is 0.176. The zero-order valence-electron chi connectivity index (χ0n) is 12.6. The van der Waals surface area contributed by atoms with Gasteiger partial charge in [-0.1, -0.05) is 26.0 Å². The molecule has 1 atom stereocenters. The highest BCUT2D eigenvalue weighted by molar-refractivity contribution is 9.10. The lowest BCUT2D eigenvalue weighted by molar-refractivity contribution is 0.303. The summed E-state index contributed by atoms with van der Waals surface area (Å²) in [4.78, 5) is 2.65. The van der Waals surface area contributed by atoms with Crippen molar-refractivity contribution in [2.75, 3.05) is 0 Å². The summed E-state index contributed by atoms with van der Waals surface area (Å²) in [6.45, 7) is 4.90. The van der Waals surface area contributed by atoms with Crippen molar-refractivity contribution < 1.29 is 4.74 Å². The van der Waals surface area contributed by atoms with Gasteiger partial charge in [0, 0.05) is 15.8 Å². The van der Waals surface area contributed by atoms with E-state index < -0.39 is 0 Å². The van der Waals surface area contributed by atoms with Gasteiger partial charge in [0.1, 0.15) is 12.4 Å². The second-order valence-corrected chi connectivity index (χ2v) is 7.22. The zero-order chi connectivity index (χ0) is 15.2. The molecule has 0 bridgehead atoms. The number of hydrogen-bond acceptors (Lipinski definition) is 3. The molecule has 2 N–H and O–H groups in total. The van der Waals surface area contributed by atoms with Crippen LogP contribution >= 0.6 is 27.3 Å². The Bertz CT molecular complexity index is 582. The van der Waals surface area contributed by atoms with Crippen LogP contribution in [0.5, 0.6) is 5.75 Å². The van der Waals surface area contributed by atoms with Gasteiger partial charge in [0.15, 0.2) is 0 Å². The van der Waals surface area contributed by atoms with E-state index in [0.29, 0.717) is 6.61 Å².